The Morgan fingerprint density at radius 3 is 2.62 bits per heavy atom. The van der Waals surface area contributed by atoms with Gasteiger partial charge in [-0.15, -0.1) is 0 Å². The highest BCUT2D eigenvalue weighted by Crippen LogP contribution is 2.21. The van der Waals surface area contributed by atoms with Crippen LogP contribution in [0.2, 0.25) is 0 Å². The Labute approximate surface area is 158 Å². The maximum absolute atomic E-state index is 12.0. The number of carbonyl (C=O) groups is 1. The fraction of sp³-hybridized carbons (Fsp3) is 0.700. The Morgan fingerprint density at radius 1 is 1.31 bits per heavy atom. The van der Waals surface area contributed by atoms with Crippen molar-refractivity contribution in [3.05, 3.63) is 23.7 Å². The Hall–Kier alpha value is -1.98. The van der Waals surface area contributed by atoms with Gasteiger partial charge < -0.3 is 20.4 Å². The lowest BCUT2D eigenvalue weighted by Crippen LogP contribution is -2.42. The van der Waals surface area contributed by atoms with E-state index in [9.17, 15) is 4.79 Å². The van der Waals surface area contributed by atoms with Gasteiger partial charge in [-0.1, -0.05) is 20.8 Å². The molecule has 0 radical (unpaired) electrons. The lowest BCUT2D eigenvalue weighted by Gasteiger charge is -2.23. The number of hydrogen-bond donors (Lipinski definition) is 3. The molecule has 148 valence electrons. The van der Waals surface area contributed by atoms with Crippen LogP contribution in [0.4, 0.5) is 0 Å². The average molecular weight is 365 g/mol. The molecule has 6 nitrogen and oxygen atoms in total. The first-order valence-electron chi connectivity index (χ1n) is 9.60. The molecule has 0 saturated heterocycles. The molecule has 0 fully saturated rings. The summed E-state index contributed by atoms with van der Waals surface area (Å²) in [5, 5.41) is 9.60. The first-order valence-corrected chi connectivity index (χ1v) is 9.60. The van der Waals surface area contributed by atoms with Crippen molar-refractivity contribution in [3.63, 3.8) is 0 Å². The van der Waals surface area contributed by atoms with Crippen LogP contribution < -0.4 is 16.0 Å². The predicted octanol–water partition coefficient (Wildman–Crippen LogP) is 3.48. The fourth-order valence-corrected chi connectivity index (χ4v) is 2.43. The fourth-order valence-electron chi connectivity index (χ4n) is 2.43. The molecule has 1 rings (SSSR count). The van der Waals surface area contributed by atoms with E-state index in [0.717, 1.165) is 30.9 Å². The third-order valence-electron chi connectivity index (χ3n) is 4.01. The van der Waals surface area contributed by atoms with Crippen LogP contribution in [0.5, 0.6) is 0 Å². The molecular formula is C20H36N4O2. The topological polar surface area (TPSA) is 78.7 Å². The summed E-state index contributed by atoms with van der Waals surface area (Å²) in [6.45, 7) is 14.9. The smallest absolute Gasteiger partial charge is 0.287 e. The van der Waals surface area contributed by atoms with E-state index in [1.807, 2.05) is 6.92 Å². The third kappa shape index (κ3) is 8.92. The van der Waals surface area contributed by atoms with Crippen LogP contribution in [0.15, 0.2) is 21.7 Å². The van der Waals surface area contributed by atoms with Gasteiger partial charge in [0.2, 0.25) is 0 Å². The number of nitrogens with zero attached hydrogens (tertiary/aromatic N) is 1. The Bertz CT molecular complexity index is 573. The summed E-state index contributed by atoms with van der Waals surface area (Å²) >= 11 is 0. The van der Waals surface area contributed by atoms with Crippen LogP contribution in [0.1, 0.15) is 70.0 Å². The zero-order chi connectivity index (χ0) is 19.6. The number of nitrogens with one attached hydrogen (secondary N) is 3. The summed E-state index contributed by atoms with van der Waals surface area (Å²) in [7, 11) is 0. The molecule has 0 saturated carbocycles. The first-order chi connectivity index (χ1) is 12.2. The predicted molar refractivity (Wildman–Crippen MR) is 108 cm³/mol. The standard InChI is InChI=1S/C20H36N4O2/c1-7-21-19(24-16(3)9-11-20(4,5)6)23-13-8-12-22-18(25)17-15(2)10-14-26-17/h10,14,16H,7-9,11-13H2,1-6H3,(H,22,25)(H2,21,23,24). The zero-order valence-electron chi connectivity index (χ0n) is 17.2. The number of guanidine groups is 1. The summed E-state index contributed by atoms with van der Waals surface area (Å²) in [5.74, 6) is 1.05. The van der Waals surface area contributed by atoms with Crippen LogP contribution in [-0.4, -0.2) is 37.5 Å². The molecule has 1 heterocycles. The molecule has 1 aromatic heterocycles. The molecule has 1 aromatic rings. The van der Waals surface area contributed by atoms with Crippen molar-refractivity contribution in [1.29, 1.82) is 0 Å². The SMILES string of the molecule is CCNC(=NCCCNC(=O)c1occc1C)NC(C)CCC(C)(C)C. The molecule has 3 N–H and O–H groups in total. The van der Waals surface area contributed by atoms with Crippen LogP contribution >= 0.6 is 0 Å². The number of aliphatic imine (C=N–C) groups is 1. The molecule has 0 aromatic carbocycles. The van der Waals surface area contributed by atoms with E-state index in [-0.39, 0.29) is 5.91 Å². The van der Waals surface area contributed by atoms with Gasteiger partial charge in [0, 0.05) is 31.2 Å². The van der Waals surface area contributed by atoms with Crippen molar-refractivity contribution in [2.24, 2.45) is 10.4 Å². The van der Waals surface area contributed by atoms with E-state index in [1.54, 1.807) is 6.07 Å². The second-order valence-corrected chi connectivity index (χ2v) is 7.95. The monoisotopic (exact) mass is 364 g/mol. The Morgan fingerprint density at radius 2 is 2.04 bits per heavy atom. The van der Waals surface area contributed by atoms with Gasteiger partial charge in [0.15, 0.2) is 11.7 Å². The van der Waals surface area contributed by atoms with Crippen molar-refractivity contribution in [2.75, 3.05) is 19.6 Å². The molecule has 0 bridgehead atoms. The molecule has 1 unspecified atom stereocenters. The van der Waals surface area contributed by atoms with E-state index in [0.29, 0.717) is 30.3 Å². The second kappa shape index (κ2) is 10.9. The van der Waals surface area contributed by atoms with Crippen molar-refractivity contribution in [3.8, 4) is 0 Å². The summed E-state index contributed by atoms with van der Waals surface area (Å²) in [6, 6.07) is 2.16. The van der Waals surface area contributed by atoms with Gasteiger partial charge in [0.05, 0.1) is 6.26 Å². The molecular weight excluding hydrogens is 328 g/mol. The van der Waals surface area contributed by atoms with Gasteiger partial charge in [0.25, 0.3) is 5.91 Å². The number of amides is 1. The minimum Gasteiger partial charge on any atom is -0.459 e. The van der Waals surface area contributed by atoms with Crippen molar-refractivity contribution in [1.82, 2.24) is 16.0 Å². The molecule has 0 aliphatic carbocycles. The van der Waals surface area contributed by atoms with Crippen molar-refractivity contribution in [2.45, 2.75) is 66.8 Å². The molecule has 1 atom stereocenters. The highest BCUT2D eigenvalue weighted by Gasteiger charge is 2.13. The Kier molecular flexibility index (Phi) is 9.24. The number of furan rings is 1. The molecule has 0 aliphatic heterocycles. The van der Waals surface area contributed by atoms with Gasteiger partial charge in [-0.25, -0.2) is 0 Å². The summed E-state index contributed by atoms with van der Waals surface area (Å²) in [5.41, 5.74) is 1.19. The number of hydrogen-bond acceptors (Lipinski definition) is 3. The van der Waals surface area contributed by atoms with Crippen LogP contribution in [0.3, 0.4) is 0 Å². The van der Waals surface area contributed by atoms with E-state index in [4.69, 9.17) is 4.42 Å². The molecule has 0 spiro atoms. The van der Waals surface area contributed by atoms with E-state index in [2.05, 4.69) is 55.6 Å². The number of aryl methyl sites for hydroxylation is 1. The summed E-state index contributed by atoms with van der Waals surface area (Å²) in [4.78, 5) is 16.6. The van der Waals surface area contributed by atoms with Crippen molar-refractivity contribution < 1.29 is 9.21 Å². The minimum atomic E-state index is -0.169. The third-order valence-corrected chi connectivity index (χ3v) is 4.01. The second-order valence-electron chi connectivity index (χ2n) is 7.95. The average Bonchev–Trinajstić information content (AvgIpc) is 2.98. The normalized spacial score (nSPS) is 13.4. The number of rotatable bonds is 9. The quantitative estimate of drug-likeness (QED) is 0.356. The highest BCUT2D eigenvalue weighted by atomic mass is 16.3. The van der Waals surface area contributed by atoms with Gasteiger partial charge in [-0.2, -0.15) is 0 Å². The lowest BCUT2D eigenvalue weighted by molar-refractivity contribution is 0.0925. The van der Waals surface area contributed by atoms with Gasteiger partial charge in [0.1, 0.15) is 0 Å². The van der Waals surface area contributed by atoms with E-state index < -0.39 is 0 Å². The van der Waals surface area contributed by atoms with E-state index >= 15 is 0 Å². The van der Waals surface area contributed by atoms with Gasteiger partial charge >= 0.3 is 0 Å². The summed E-state index contributed by atoms with van der Waals surface area (Å²) < 4.78 is 5.18. The molecule has 6 heteroatoms. The van der Waals surface area contributed by atoms with Gasteiger partial charge in [-0.3, -0.25) is 9.79 Å². The minimum absolute atomic E-state index is 0.169. The molecule has 0 aliphatic rings. The highest BCUT2D eigenvalue weighted by molar-refractivity contribution is 5.92. The zero-order valence-corrected chi connectivity index (χ0v) is 17.2. The maximum atomic E-state index is 12.0. The van der Waals surface area contributed by atoms with Crippen LogP contribution in [-0.2, 0) is 0 Å². The van der Waals surface area contributed by atoms with Crippen molar-refractivity contribution >= 4 is 11.9 Å². The first kappa shape index (κ1) is 22.1. The summed E-state index contributed by atoms with van der Waals surface area (Å²) in [6.07, 6.45) is 4.58. The van der Waals surface area contributed by atoms with Crippen LogP contribution in [0, 0.1) is 12.3 Å². The van der Waals surface area contributed by atoms with Crippen LogP contribution in [0.25, 0.3) is 0 Å². The van der Waals surface area contributed by atoms with E-state index in [1.165, 1.54) is 12.7 Å². The maximum Gasteiger partial charge on any atom is 0.287 e. The molecule has 26 heavy (non-hydrogen) atoms. The Balaban J connectivity index is 2.34. The largest absolute Gasteiger partial charge is 0.459 e. The molecule has 1 amide bonds. The number of carbonyl (C=O) groups excluding carboxylic acids is 1. The lowest BCUT2D eigenvalue weighted by atomic mass is 9.89. The van der Waals surface area contributed by atoms with Gasteiger partial charge in [-0.05, 0) is 51.5 Å².